The number of hydrogen-bond donors (Lipinski definition) is 1. The van der Waals surface area contributed by atoms with Crippen molar-refractivity contribution in [2.45, 2.75) is 19.6 Å². The Kier molecular flexibility index (Phi) is 5.74. The van der Waals surface area contributed by atoms with Crippen LogP contribution in [0.25, 0.3) is 21.3 Å². The molecule has 0 amide bonds. The van der Waals surface area contributed by atoms with Crippen LogP contribution in [0.15, 0.2) is 70.8 Å². The quantitative estimate of drug-likeness (QED) is 0.460. The third kappa shape index (κ3) is 4.17. The number of fused-ring (bicyclic) bond motifs is 1. The molecule has 7 heteroatoms. The number of hydrogen-bond acceptors (Lipinski definition) is 6. The van der Waals surface area contributed by atoms with Crippen molar-refractivity contribution in [2.75, 3.05) is 6.61 Å². The number of ketones is 1. The highest BCUT2D eigenvalue weighted by Gasteiger charge is 2.15. The zero-order valence-corrected chi connectivity index (χ0v) is 17.1. The van der Waals surface area contributed by atoms with Crippen molar-refractivity contribution < 1.29 is 14.6 Å². The van der Waals surface area contributed by atoms with Crippen LogP contribution in [-0.2, 0) is 6.54 Å². The first-order valence-electron chi connectivity index (χ1n) is 9.48. The van der Waals surface area contributed by atoms with E-state index < -0.39 is 6.10 Å². The Labute approximate surface area is 177 Å². The number of aliphatic hydroxyl groups excluding tert-OH is 1. The third-order valence-electron chi connectivity index (χ3n) is 4.69. The normalized spacial score (nSPS) is 12.1. The summed E-state index contributed by atoms with van der Waals surface area (Å²) in [6.07, 6.45) is -0.950. The SMILES string of the molecule is CC(=O)c1cccc(OCC(O)Cn2nc(-c3cccs3)c3ccccc3c2=O)c1. The Morgan fingerprint density at radius 1 is 1.13 bits per heavy atom. The van der Waals surface area contributed by atoms with Gasteiger partial charge in [-0.3, -0.25) is 9.59 Å². The third-order valence-corrected chi connectivity index (χ3v) is 5.57. The number of benzene rings is 2. The average molecular weight is 420 g/mol. The summed E-state index contributed by atoms with van der Waals surface area (Å²) in [4.78, 5) is 25.3. The zero-order valence-electron chi connectivity index (χ0n) is 16.3. The highest BCUT2D eigenvalue weighted by molar-refractivity contribution is 7.13. The monoisotopic (exact) mass is 420 g/mol. The molecule has 2 heterocycles. The molecule has 6 nitrogen and oxygen atoms in total. The molecule has 152 valence electrons. The Morgan fingerprint density at radius 3 is 2.67 bits per heavy atom. The van der Waals surface area contributed by atoms with Crippen molar-refractivity contribution in [3.63, 3.8) is 0 Å². The summed E-state index contributed by atoms with van der Waals surface area (Å²) >= 11 is 1.54. The number of carbonyl (C=O) groups excluding carboxylic acids is 1. The molecule has 4 aromatic rings. The van der Waals surface area contributed by atoms with Gasteiger partial charge in [-0.15, -0.1) is 11.3 Å². The molecule has 0 saturated heterocycles. The highest BCUT2D eigenvalue weighted by atomic mass is 32.1. The first-order valence-corrected chi connectivity index (χ1v) is 10.4. The summed E-state index contributed by atoms with van der Waals surface area (Å²) in [7, 11) is 0. The first-order chi connectivity index (χ1) is 14.5. The van der Waals surface area contributed by atoms with Crippen LogP contribution in [0.1, 0.15) is 17.3 Å². The van der Waals surface area contributed by atoms with E-state index in [2.05, 4.69) is 5.10 Å². The number of aliphatic hydroxyl groups is 1. The van der Waals surface area contributed by atoms with E-state index in [0.717, 1.165) is 10.3 Å². The summed E-state index contributed by atoms with van der Waals surface area (Å²) in [5, 5.41) is 18.3. The topological polar surface area (TPSA) is 81.4 Å². The van der Waals surface area contributed by atoms with Crippen molar-refractivity contribution in [1.29, 1.82) is 0 Å². The van der Waals surface area contributed by atoms with Crippen LogP contribution >= 0.6 is 11.3 Å². The fraction of sp³-hybridized carbons (Fsp3) is 0.174. The lowest BCUT2D eigenvalue weighted by Crippen LogP contribution is -2.32. The van der Waals surface area contributed by atoms with Crippen molar-refractivity contribution in [1.82, 2.24) is 9.78 Å². The fourth-order valence-electron chi connectivity index (χ4n) is 3.20. The smallest absolute Gasteiger partial charge is 0.274 e. The molecule has 0 saturated carbocycles. The maximum absolute atomic E-state index is 12.9. The lowest BCUT2D eigenvalue weighted by molar-refractivity contribution is 0.0881. The molecule has 2 aromatic heterocycles. The van der Waals surface area contributed by atoms with E-state index in [9.17, 15) is 14.7 Å². The lowest BCUT2D eigenvalue weighted by atomic mass is 10.1. The number of carbonyl (C=O) groups is 1. The number of Topliss-reactive ketones (excluding diaryl/α,β-unsaturated/α-hetero) is 1. The van der Waals surface area contributed by atoms with E-state index in [1.807, 2.05) is 35.7 Å². The van der Waals surface area contributed by atoms with Gasteiger partial charge in [0.15, 0.2) is 5.78 Å². The molecule has 0 radical (unpaired) electrons. The van der Waals surface area contributed by atoms with E-state index in [0.29, 0.717) is 22.4 Å². The summed E-state index contributed by atoms with van der Waals surface area (Å²) in [5.74, 6) is 0.425. The second-order valence-electron chi connectivity index (χ2n) is 6.91. The predicted molar refractivity (Wildman–Crippen MR) is 117 cm³/mol. The van der Waals surface area contributed by atoms with Gasteiger partial charge in [0.1, 0.15) is 24.2 Å². The van der Waals surface area contributed by atoms with Crippen molar-refractivity contribution >= 4 is 27.9 Å². The van der Waals surface area contributed by atoms with Gasteiger partial charge >= 0.3 is 0 Å². The molecule has 0 aliphatic carbocycles. The van der Waals surface area contributed by atoms with Crippen LogP contribution in [0.5, 0.6) is 5.75 Å². The van der Waals surface area contributed by atoms with Gasteiger partial charge in [-0.1, -0.05) is 36.4 Å². The molecule has 2 aromatic carbocycles. The summed E-state index contributed by atoms with van der Waals surface area (Å²) in [6.45, 7) is 1.45. The van der Waals surface area contributed by atoms with Crippen LogP contribution in [0.3, 0.4) is 0 Å². The molecule has 4 rings (SSSR count). The number of aromatic nitrogens is 2. The zero-order chi connectivity index (χ0) is 21.1. The molecule has 0 fully saturated rings. The van der Waals surface area contributed by atoms with E-state index in [1.54, 1.807) is 41.7 Å². The first kappa shape index (κ1) is 20.0. The van der Waals surface area contributed by atoms with Gasteiger partial charge in [-0.2, -0.15) is 5.10 Å². The minimum Gasteiger partial charge on any atom is -0.491 e. The summed E-state index contributed by atoms with van der Waals surface area (Å²) < 4.78 is 6.91. The Balaban J connectivity index is 1.58. The molecular formula is C23H20N2O4S. The van der Waals surface area contributed by atoms with Crippen molar-refractivity contribution in [3.05, 3.63) is 82.0 Å². The van der Waals surface area contributed by atoms with Crippen LogP contribution in [0, 0.1) is 0 Å². The van der Waals surface area contributed by atoms with Crippen LogP contribution < -0.4 is 10.3 Å². The fourth-order valence-corrected chi connectivity index (χ4v) is 3.93. The van der Waals surface area contributed by atoms with Gasteiger partial charge in [0, 0.05) is 10.9 Å². The number of thiophene rings is 1. The summed E-state index contributed by atoms with van der Waals surface area (Å²) in [5.41, 5.74) is 0.987. The molecule has 1 atom stereocenters. The standard InChI is InChI=1S/C23H20N2O4S/c1-15(26)16-6-4-7-18(12-16)29-14-17(27)13-25-23(28)20-9-3-2-8-19(20)22(24-25)21-10-5-11-30-21/h2-12,17,27H,13-14H2,1H3. The van der Waals surface area contributed by atoms with Gasteiger partial charge in [-0.25, -0.2) is 4.68 Å². The molecule has 0 aliphatic rings. The maximum Gasteiger partial charge on any atom is 0.274 e. The molecular weight excluding hydrogens is 400 g/mol. The molecule has 0 bridgehead atoms. The van der Waals surface area contributed by atoms with E-state index in [1.165, 1.54) is 11.6 Å². The van der Waals surface area contributed by atoms with Crippen LogP contribution in [0.4, 0.5) is 0 Å². The number of rotatable bonds is 7. The lowest BCUT2D eigenvalue weighted by Gasteiger charge is -2.15. The van der Waals surface area contributed by atoms with Crippen molar-refractivity contribution in [3.8, 4) is 16.3 Å². The minimum atomic E-state index is -0.950. The minimum absolute atomic E-state index is 0.00551. The van der Waals surface area contributed by atoms with E-state index in [-0.39, 0.29) is 24.5 Å². The maximum atomic E-state index is 12.9. The van der Waals surface area contributed by atoms with Gasteiger partial charge in [-0.05, 0) is 36.6 Å². The predicted octanol–water partition coefficient (Wildman–Crippen LogP) is 3.77. The second kappa shape index (κ2) is 8.61. The Morgan fingerprint density at radius 2 is 1.93 bits per heavy atom. The molecule has 30 heavy (non-hydrogen) atoms. The Hall–Kier alpha value is -3.29. The number of ether oxygens (including phenoxy) is 1. The van der Waals surface area contributed by atoms with Gasteiger partial charge < -0.3 is 9.84 Å². The number of nitrogens with zero attached hydrogens (tertiary/aromatic N) is 2. The van der Waals surface area contributed by atoms with Crippen molar-refractivity contribution in [2.24, 2.45) is 0 Å². The summed E-state index contributed by atoms with van der Waals surface area (Å²) in [6, 6.07) is 18.0. The van der Waals surface area contributed by atoms with E-state index >= 15 is 0 Å². The van der Waals surface area contributed by atoms with Gasteiger partial charge in [0.05, 0.1) is 16.8 Å². The molecule has 1 unspecified atom stereocenters. The highest BCUT2D eigenvalue weighted by Crippen LogP contribution is 2.28. The second-order valence-corrected chi connectivity index (χ2v) is 7.86. The van der Waals surface area contributed by atoms with E-state index in [4.69, 9.17) is 4.74 Å². The van der Waals surface area contributed by atoms with Gasteiger partial charge in [0.25, 0.3) is 5.56 Å². The molecule has 0 spiro atoms. The molecule has 0 aliphatic heterocycles. The van der Waals surface area contributed by atoms with Crippen LogP contribution in [-0.4, -0.2) is 33.4 Å². The molecule has 1 N–H and O–H groups in total. The van der Waals surface area contributed by atoms with Gasteiger partial charge in [0.2, 0.25) is 0 Å². The Bertz CT molecular complexity index is 1250. The average Bonchev–Trinajstić information content (AvgIpc) is 3.29. The largest absolute Gasteiger partial charge is 0.491 e. The van der Waals surface area contributed by atoms with Crippen LogP contribution in [0.2, 0.25) is 0 Å².